The SMILES string of the molecule is CCCN(Cc1ccc(N)cc1)Cc1cc(C)nn1C. The van der Waals surface area contributed by atoms with Crippen LogP contribution in [0.4, 0.5) is 5.69 Å². The second kappa shape index (κ2) is 6.57. The molecule has 0 fully saturated rings. The highest BCUT2D eigenvalue weighted by molar-refractivity contribution is 5.39. The number of nitrogens with zero attached hydrogens (tertiary/aromatic N) is 3. The predicted octanol–water partition coefficient (Wildman–Crippen LogP) is 2.72. The average molecular weight is 272 g/mol. The Morgan fingerprint density at radius 1 is 1.20 bits per heavy atom. The molecule has 0 bridgehead atoms. The van der Waals surface area contributed by atoms with Gasteiger partial charge in [-0.05, 0) is 43.7 Å². The number of aryl methyl sites for hydroxylation is 2. The Kier molecular flexibility index (Phi) is 4.79. The van der Waals surface area contributed by atoms with E-state index in [1.807, 2.05) is 30.8 Å². The Labute approximate surface area is 121 Å². The lowest BCUT2D eigenvalue weighted by Gasteiger charge is -2.21. The van der Waals surface area contributed by atoms with Gasteiger partial charge >= 0.3 is 0 Å². The number of aromatic nitrogens is 2. The lowest BCUT2D eigenvalue weighted by Crippen LogP contribution is -2.24. The summed E-state index contributed by atoms with van der Waals surface area (Å²) in [5.41, 5.74) is 10.2. The van der Waals surface area contributed by atoms with E-state index in [1.54, 1.807) is 0 Å². The first-order valence-electron chi connectivity index (χ1n) is 7.14. The van der Waals surface area contributed by atoms with Crippen LogP contribution in [0.3, 0.4) is 0 Å². The Balaban J connectivity index is 2.06. The minimum absolute atomic E-state index is 0.818. The fraction of sp³-hybridized carbons (Fsp3) is 0.438. The van der Waals surface area contributed by atoms with E-state index in [0.29, 0.717) is 0 Å². The normalized spacial score (nSPS) is 11.2. The number of anilines is 1. The summed E-state index contributed by atoms with van der Waals surface area (Å²) in [7, 11) is 2.01. The molecule has 0 aliphatic heterocycles. The molecule has 2 aromatic rings. The molecule has 0 saturated carbocycles. The van der Waals surface area contributed by atoms with Crippen LogP contribution in [0.1, 0.15) is 30.3 Å². The lowest BCUT2D eigenvalue weighted by atomic mass is 10.2. The number of benzene rings is 1. The predicted molar refractivity (Wildman–Crippen MR) is 83.2 cm³/mol. The van der Waals surface area contributed by atoms with Crippen molar-refractivity contribution in [1.82, 2.24) is 14.7 Å². The van der Waals surface area contributed by atoms with Gasteiger partial charge in [0.15, 0.2) is 0 Å². The third-order valence-corrected chi connectivity index (χ3v) is 3.41. The van der Waals surface area contributed by atoms with Crippen molar-refractivity contribution in [3.05, 3.63) is 47.3 Å². The first kappa shape index (κ1) is 14.6. The second-order valence-electron chi connectivity index (χ2n) is 5.35. The zero-order chi connectivity index (χ0) is 14.5. The summed E-state index contributed by atoms with van der Waals surface area (Å²) in [6.45, 7) is 7.20. The summed E-state index contributed by atoms with van der Waals surface area (Å²) in [5.74, 6) is 0. The summed E-state index contributed by atoms with van der Waals surface area (Å²) in [4.78, 5) is 2.45. The van der Waals surface area contributed by atoms with Crippen molar-refractivity contribution in [2.24, 2.45) is 7.05 Å². The van der Waals surface area contributed by atoms with Gasteiger partial charge in [0.1, 0.15) is 0 Å². The molecule has 1 aromatic heterocycles. The molecule has 4 heteroatoms. The average Bonchev–Trinajstić information content (AvgIpc) is 2.71. The smallest absolute Gasteiger partial charge is 0.0597 e. The highest BCUT2D eigenvalue weighted by Crippen LogP contribution is 2.13. The van der Waals surface area contributed by atoms with Crippen LogP contribution in [-0.2, 0) is 20.1 Å². The van der Waals surface area contributed by atoms with Crippen molar-refractivity contribution in [1.29, 1.82) is 0 Å². The van der Waals surface area contributed by atoms with Crippen molar-refractivity contribution in [2.45, 2.75) is 33.4 Å². The van der Waals surface area contributed by atoms with Crippen LogP contribution in [0, 0.1) is 6.92 Å². The van der Waals surface area contributed by atoms with E-state index in [4.69, 9.17) is 5.73 Å². The highest BCUT2D eigenvalue weighted by atomic mass is 15.3. The van der Waals surface area contributed by atoms with Crippen LogP contribution in [0.25, 0.3) is 0 Å². The minimum Gasteiger partial charge on any atom is -0.399 e. The number of hydrogen-bond acceptors (Lipinski definition) is 3. The zero-order valence-corrected chi connectivity index (χ0v) is 12.6. The van der Waals surface area contributed by atoms with Crippen LogP contribution < -0.4 is 5.73 Å². The third-order valence-electron chi connectivity index (χ3n) is 3.41. The topological polar surface area (TPSA) is 47.1 Å². The summed E-state index contributed by atoms with van der Waals surface area (Å²) >= 11 is 0. The van der Waals surface area contributed by atoms with Gasteiger partial charge in [-0.3, -0.25) is 9.58 Å². The molecule has 0 atom stereocenters. The Bertz CT molecular complexity index is 542. The fourth-order valence-corrected chi connectivity index (χ4v) is 2.45. The molecule has 0 radical (unpaired) electrons. The van der Waals surface area contributed by atoms with E-state index >= 15 is 0 Å². The molecule has 0 aliphatic rings. The van der Waals surface area contributed by atoms with Gasteiger partial charge in [0, 0.05) is 25.8 Å². The van der Waals surface area contributed by atoms with Crippen LogP contribution in [0.2, 0.25) is 0 Å². The minimum atomic E-state index is 0.818. The summed E-state index contributed by atoms with van der Waals surface area (Å²) in [5, 5.41) is 4.42. The number of nitrogen functional groups attached to an aromatic ring is 1. The second-order valence-corrected chi connectivity index (χ2v) is 5.35. The van der Waals surface area contributed by atoms with Crippen molar-refractivity contribution >= 4 is 5.69 Å². The van der Waals surface area contributed by atoms with E-state index in [2.05, 4.69) is 35.1 Å². The monoisotopic (exact) mass is 272 g/mol. The van der Waals surface area contributed by atoms with Crippen LogP contribution in [0.5, 0.6) is 0 Å². The van der Waals surface area contributed by atoms with Crippen molar-refractivity contribution < 1.29 is 0 Å². The van der Waals surface area contributed by atoms with Gasteiger partial charge in [0.05, 0.1) is 11.4 Å². The molecule has 0 spiro atoms. The largest absolute Gasteiger partial charge is 0.399 e. The molecule has 4 nitrogen and oxygen atoms in total. The zero-order valence-electron chi connectivity index (χ0n) is 12.6. The summed E-state index contributed by atoms with van der Waals surface area (Å²) in [6, 6.07) is 10.3. The quantitative estimate of drug-likeness (QED) is 0.823. The molecule has 0 unspecified atom stereocenters. The Hall–Kier alpha value is -1.81. The first-order valence-corrected chi connectivity index (χ1v) is 7.14. The van der Waals surface area contributed by atoms with Gasteiger partial charge < -0.3 is 5.73 Å². The number of hydrogen-bond donors (Lipinski definition) is 1. The molecular formula is C16H24N4. The number of rotatable bonds is 6. The molecule has 20 heavy (non-hydrogen) atoms. The van der Waals surface area contributed by atoms with E-state index in [-0.39, 0.29) is 0 Å². The molecule has 2 N–H and O–H groups in total. The highest BCUT2D eigenvalue weighted by Gasteiger charge is 2.09. The number of nitrogens with two attached hydrogens (primary N) is 1. The van der Waals surface area contributed by atoms with Crippen molar-refractivity contribution in [3.8, 4) is 0 Å². The molecule has 0 aliphatic carbocycles. The first-order chi connectivity index (χ1) is 9.58. The maximum Gasteiger partial charge on any atom is 0.0597 e. The summed E-state index contributed by atoms with van der Waals surface area (Å²) in [6.07, 6.45) is 1.14. The van der Waals surface area contributed by atoms with Crippen LogP contribution in [0.15, 0.2) is 30.3 Å². The Morgan fingerprint density at radius 2 is 1.90 bits per heavy atom. The maximum absolute atomic E-state index is 5.74. The van der Waals surface area contributed by atoms with Gasteiger partial charge in [-0.1, -0.05) is 19.1 Å². The fourth-order valence-electron chi connectivity index (χ4n) is 2.45. The van der Waals surface area contributed by atoms with E-state index in [1.165, 1.54) is 11.3 Å². The van der Waals surface area contributed by atoms with Gasteiger partial charge in [0.2, 0.25) is 0 Å². The molecule has 1 aromatic carbocycles. The van der Waals surface area contributed by atoms with Crippen molar-refractivity contribution in [2.75, 3.05) is 12.3 Å². The Morgan fingerprint density at radius 3 is 2.45 bits per heavy atom. The molecule has 0 amide bonds. The third kappa shape index (κ3) is 3.84. The van der Waals surface area contributed by atoms with Gasteiger partial charge in [0.25, 0.3) is 0 Å². The molecule has 0 saturated heterocycles. The van der Waals surface area contributed by atoms with Crippen LogP contribution in [-0.4, -0.2) is 21.2 Å². The summed E-state index contributed by atoms with van der Waals surface area (Å²) < 4.78 is 1.97. The van der Waals surface area contributed by atoms with E-state index < -0.39 is 0 Å². The molecule has 2 rings (SSSR count). The van der Waals surface area contributed by atoms with Gasteiger partial charge in [-0.25, -0.2) is 0 Å². The van der Waals surface area contributed by atoms with Gasteiger partial charge in [-0.15, -0.1) is 0 Å². The molecular weight excluding hydrogens is 248 g/mol. The van der Waals surface area contributed by atoms with Crippen LogP contribution >= 0.6 is 0 Å². The standard InChI is InChI=1S/C16H24N4/c1-4-9-20(11-14-5-7-15(17)8-6-14)12-16-10-13(2)18-19(16)3/h5-8,10H,4,9,11-12,17H2,1-3H3. The molecule has 108 valence electrons. The van der Waals surface area contributed by atoms with E-state index in [0.717, 1.165) is 37.4 Å². The maximum atomic E-state index is 5.74. The lowest BCUT2D eigenvalue weighted by molar-refractivity contribution is 0.250. The van der Waals surface area contributed by atoms with Gasteiger partial charge in [-0.2, -0.15) is 5.10 Å². The van der Waals surface area contributed by atoms with Crippen molar-refractivity contribution in [3.63, 3.8) is 0 Å². The molecule has 1 heterocycles. The van der Waals surface area contributed by atoms with E-state index in [9.17, 15) is 0 Å².